The number of benzene rings is 1. The van der Waals surface area contributed by atoms with Gasteiger partial charge in [-0.2, -0.15) is 0 Å². The third-order valence-corrected chi connectivity index (χ3v) is 5.96. The summed E-state index contributed by atoms with van der Waals surface area (Å²) in [5.74, 6) is 0.667. The van der Waals surface area contributed by atoms with Gasteiger partial charge in [-0.3, -0.25) is 19.7 Å². The number of imide groups is 1. The largest absolute Gasteiger partial charge is 0.492 e. The number of carbonyl (C=O) groups is 3. The number of nitrogens with one attached hydrogen (secondary N) is 1. The van der Waals surface area contributed by atoms with Crippen LogP contribution >= 0.6 is 11.8 Å². The third-order valence-electron chi connectivity index (χ3n) is 4.98. The molecule has 160 valence electrons. The van der Waals surface area contributed by atoms with Crippen molar-refractivity contribution in [3.05, 3.63) is 29.8 Å². The Morgan fingerprint density at radius 1 is 1.10 bits per heavy atom. The summed E-state index contributed by atoms with van der Waals surface area (Å²) in [5.41, 5.74) is 0.978. The summed E-state index contributed by atoms with van der Waals surface area (Å²) in [7, 11) is 1.82. The summed E-state index contributed by atoms with van der Waals surface area (Å²) < 4.78 is 5.73. The molecule has 1 N–H and O–H groups in total. The minimum absolute atomic E-state index is 0.168. The molecule has 1 aliphatic heterocycles. The fourth-order valence-electron chi connectivity index (χ4n) is 3.14. The number of ether oxygens (including phenoxy) is 1. The van der Waals surface area contributed by atoms with Gasteiger partial charge in [0.25, 0.3) is 5.24 Å². The molecule has 1 aliphatic rings. The first kappa shape index (κ1) is 23.3. The van der Waals surface area contributed by atoms with Crippen LogP contribution < -0.4 is 10.1 Å². The van der Waals surface area contributed by atoms with Crippen LogP contribution in [0.3, 0.4) is 0 Å². The number of likely N-dealkylation sites (N-methyl/N-ethyl adjacent to an activating group) is 1. The van der Waals surface area contributed by atoms with Crippen LogP contribution in [0.5, 0.6) is 5.75 Å². The number of carbonyl (C=O) groups excluding carboxylic acids is 3. The van der Waals surface area contributed by atoms with Crippen LogP contribution in [0, 0.1) is 0 Å². The van der Waals surface area contributed by atoms with Crippen LogP contribution in [0.25, 0.3) is 0 Å². The number of thioether (sulfide) groups is 1. The molecule has 1 atom stereocenters. The van der Waals surface area contributed by atoms with Crippen molar-refractivity contribution in [3.8, 4) is 5.75 Å². The maximum atomic E-state index is 12.1. The first-order valence-corrected chi connectivity index (χ1v) is 11.3. The van der Waals surface area contributed by atoms with E-state index in [1.165, 1.54) is 25.7 Å². The lowest BCUT2D eigenvalue weighted by Gasteiger charge is -2.17. The Bertz CT molecular complexity index is 678. The molecule has 0 saturated carbocycles. The lowest BCUT2D eigenvalue weighted by molar-refractivity contribution is -0.130. The van der Waals surface area contributed by atoms with E-state index in [1.807, 2.05) is 31.3 Å². The number of rotatable bonds is 13. The van der Waals surface area contributed by atoms with Crippen LogP contribution in [-0.2, 0) is 16.0 Å². The van der Waals surface area contributed by atoms with Crippen LogP contribution in [0.4, 0.5) is 4.79 Å². The molecule has 0 aliphatic carbocycles. The summed E-state index contributed by atoms with van der Waals surface area (Å²) in [6.07, 6.45) is 8.19. The highest BCUT2D eigenvalue weighted by molar-refractivity contribution is 8.15. The summed E-state index contributed by atoms with van der Waals surface area (Å²) >= 11 is 1.03. The van der Waals surface area contributed by atoms with Crippen molar-refractivity contribution in [1.82, 2.24) is 10.2 Å². The fraction of sp³-hybridized carbons (Fsp3) is 0.591. The number of hydrogen-bond donors (Lipinski definition) is 1. The average Bonchev–Trinajstić information content (AvgIpc) is 3.02. The highest BCUT2D eigenvalue weighted by atomic mass is 32.2. The number of amides is 3. The normalized spacial score (nSPS) is 16.0. The Balaban J connectivity index is 1.62. The first-order valence-electron chi connectivity index (χ1n) is 10.5. The molecule has 7 heteroatoms. The Kier molecular flexibility index (Phi) is 10.0. The van der Waals surface area contributed by atoms with Gasteiger partial charge in [0.05, 0.1) is 11.8 Å². The van der Waals surface area contributed by atoms with Gasteiger partial charge < -0.3 is 9.64 Å². The van der Waals surface area contributed by atoms with Gasteiger partial charge in [0.15, 0.2) is 0 Å². The van der Waals surface area contributed by atoms with E-state index in [9.17, 15) is 14.4 Å². The Hall–Kier alpha value is -2.02. The highest BCUT2D eigenvalue weighted by Crippen LogP contribution is 2.23. The van der Waals surface area contributed by atoms with E-state index in [1.54, 1.807) is 4.90 Å². The van der Waals surface area contributed by atoms with Crippen molar-refractivity contribution >= 4 is 28.8 Å². The Labute approximate surface area is 177 Å². The van der Waals surface area contributed by atoms with Gasteiger partial charge in [-0.15, -0.1) is 0 Å². The predicted octanol–water partition coefficient (Wildman–Crippen LogP) is 4.17. The van der Waals surface area contributed by atoms with Crippen molar-refractivity contribution in [3.63, 3.8) is 0 Å². The molecule has 0 radical (unpaired) electrons. The van der Waals surface area contributed by atoms with Crippen LogP contribution in [0.15, 0.2) is 24.3 Å². The van der Waals surface area contributed by atoms with Crippen LogP contribution in [0.2, 0.25) is 0 Å². The van der Waals surface area contributed by atoms with E-state index in [0.29, 0.717) is 26.0 Å². The smallest absolute Gasteiger partial charge is 0.286 e. The fourth-order valence-corrected chi connectivity index (χ4v) is 4.00. The molecular formula is C22H32N2O4S. The lowest BCUT2D eigenvalue weighted by Crippen LogP contribution is -2.30. The summed E-state index contributed by atoms with van der Waals surface area (Å²) in [5, 5.41) is 1.66. The molecule has 1 aromatic rings. The van der Waals surface area contributed by atoms with E-state index >= 15 is 0 Å². The second-order valence-electron chi connectivity index (χ2n) is 7.41. The number of nitrogens with zero attached hydrogens (tertiary/aromatic N) is 1. The molecule has 2 rings (SSSR count). The maximum Gasteiger partial charge on any atom is 0.286 e. The van der Waals surface area contributed by atoms with E-state index in [-0.39, 0.29) is 22.3 Å². The first-order chi connectivity index (χ1) is 14.0. The standard InChI is InChI=1S/C22H32N2O4S/c1-3-4-5-6-7-8-9-20(25)24(2)14-15-28-18-12-10-17(11-13-18)16-19-21(26)23-22(27)29-19/h10-13,19H,3-9,14-16H2,1-2H3,(H,23,26,27). The zero-order valence-electron chi connectivity index (χ0n) is 17.4. The van der Waals surface area contributed by atoms with Crippen molar-refractivity contribution in [2.45, 2.75) is 63.5 Å². The SMILES string of the molecule is CCCCCCCCC(=O)N(C)CCOc1ccc(CC2SC(=O)NC2=O)cc1. The summed E-state index contributed by atoms with van der Waals surface area (Å²) in [4.78, 5) is 36.7. The van der Waals surface area contributed by atoms with E-state index in [0.717, 1.165) is 35.9 Å². The van der Waals surface area contributed by atoms with Gasteiger partial charge in [-0.25, -0.2) is 0 Å². The molecule has 29 heavy (non-hydrogen) atoms. The molecular weight excluding hydrogens is 388 g/mol. The lowest BCUT2D eigenvalue weighted by atomic mass is 10.1. The molecule has 0 bridgehead atoms. The van der Waals surface area contributed by atoms with Gasteiger partial charge in [0, 0.05) is 13.5 Å². The molecule has 1 saturated heterocycles. The van der Waals surface area contributed by atoms with Gasteiger partial charge in [0.1, 0.15) is 12.4 Å². The van der Waals surface area contributed by atoms with E-state index in [2.05, 4.69) is 12.2 Å². The number of hydrogen-bond acceptors (Lipinski definition) is 5. The quantitative estimate of drug-likeness (QED) is 0.485. The van der Waals surface area contributed by atoms with E-state index < -0.39 is 0 Å². The third kappa shape index (κ3) is 8.48. The van der Waals surface area contributed by atoms with Crippen LogP contribution in [-0.4, -0.2) is 47.4 Å². The van der Waals surface area contributed by atoms with Crippen molar-refractivity contribution in [1.29, 1.82) is 0 Å². The zero-order valence-corrected chi connectivity index (χ0v) is 18.3. The Morgan fingerprint density at radius 2 is 1.79 bits per heavy atom. The van der Waals surface area contributed by atoms with Crippen molar-refractivity contribution in [2.75, 3.05) is 20.2 Å². The number of unbranched alkanes of at least 4 members (excludes halogenated alkanes) is 5. The van der Waals surface area contributed by atoms with Gasteiger partial charge in [-0.1, -0.05) is 62.9 Å². The summed E-state index contributed by atoms with van der Waals surface area (Å²) in [6, 6.07) is 7.51. The van der Waals surface area contributed by atoms with Gasteiger partial charge in [0.2, 0.25) is 11.8 Å². The molecule has 0 aromatic heterocycles. The molecule has 1 aromatic carbocycles. The molecule has 1 fully saturated rings. The minimum Gasteiger partial charge on any atom is -0.492 e. The molecule has 6 nitrogen and oxygen atoms in total. The monoisotopic (exact) mass is 420 g/mol. The Morgan fingerprint density at radius 3 is 2.45 bits per heavy atom. The zero-order chi connectivity index (χ0) is 21.1. The van der Waals surface area contributed by atoms with Crippen LogP contribution in [0.1, 0.15) is 57.4 Å². The topological polar surface area (TPSA) is 75.7 Å². The van der Waals surface area contributed by atoms with Crippen molar-refractivity contribution < 1.29 is 19.1 Å². The molecule has 1 unspecified atom stereocenters. The van der Waals surface area contributed by atoms with Gasteiger partial charge >= 0.3 is 0 Å². The predicted molar refractivity (Wildman–Crippen MR) is 116 cm³/mol. The average molecular weight is 421 g/mol. The summed E-state index contributed by atoms with van der Waals surface area (Å²) in [6.45, 7) is 3.19. The van der Waals surface area contributed by atoms with Crippen molar-refractivity contribution in [2.24, 2.45) is 0 Å². The molecule has 1 heterocycles. The van der Waals surface area contributed by atoms with Gasteiger partial charge in [-0.05, 0) is 30.5 Å². The second kappa shape index (κ2) is 12.5. The minimum atomic E-state index is -0.361. The maximum absolute atomic E-state index is 12.1. The second-order valence-corrected chi connectivity index (χ2v) is 8.59. The molecule has 3 amide bonds. The highest BCUT2D eigenvalue weighted by Gasteiger charge is 2.31. The van der Waals surface area contributed by atoms with E-state index in [4.69, 9.17) is 4.74 Å². The molecule has 0 spiro atoms.